The first-order valence-electron chi connectivity index (χ1n) is 6.02. The molecule has 6 heteroatoms. The number of carboxylic acid groups (broad SMARTS) is 1. The summed E-state index contributed by atoms with van der Waals surface area (Å²) in [6, 6.07) is 5.27. The molecule has 0 aliphatic rings. The largest absolute Gasteiger partial charge is 0.478 e. The molecule has 0 spiro atoms. The quantitative estimate of drug-likeness (QED) is 0.752. The van der Waals surface area contributed by atoms with E-state index in [4.69, 9.17) is 5.11 Å². The topological polar surface area (TPSA) is 80.0 Å². The number of aromatic nitrogens is 3. The molecule has 2 aromatic heterocycles. The highest BCUT2D eigenvalue weighted by Gasteiger charge is 2.02. The van der Waals surface area contributed by atoms with E-state index in [1.165, 1.54) is 6.20 Å². The fourth-order valence-corrected chi connectivity index (χ4v) is 1.68. The molecule has 2 N–H and O–H groups in total. The molecule has 0 saturated carbocycles. The summed E-state index contributed by atoms with van der Waals surface area (Å²) in [7, 11) is 1.89. The Bertz CT molecular complexity index is 548. The van der Waals surface area contributed by atoms with Gasteiger partial charge in [-0.3, -0.25) is 9.67 Å². The Hall–Kier alpha value is -2.21. The van der Waals surface area contributed by atoms with Crippen LogP contribution in [0.2, 0.25) is 0 Å². The third kappa shape index (κ3) is 3.89. The van der Waals surface area contributed by atoms with Crippen LogP contribution in [0.1, 0.15) is 21.7 Å². The molecule has 2 rings (SSSR count). The van der Waals surface area contributed by atoms with E-state index in [9.17, 15) is 4.79 Å². The van der Waals surface area contributed by atoms with E-state index in [1.807, 2.05) is 19.3 Å². The predicted molar refractivity (Wildman–Crippen MR) is 69.8 cm³/mol. The molecule has 0 aliphatic carbocycles. The van der Waals surface area contributed by atoms with Gasteiger partial charge in [0.15, 0.2) is 0 Å². The Labute approximate surface area is 111 Å². The highest BCUT2D eigenvalue weighted by Crippen LogP contribution is 2.00. The van der Waals surface area contributed by atoms with Crippen molar-refractivity contribution < 1.29 is 9.90 Å². The normalized spacial score (nSPS) is 10.6. The van der Waals surface area contributed by atoms with Gasteiger partial charge in [0.1, 0.15) is 0 Å². The second-order valence-corrected chi connectivity index (χ2v) is 4.25. The zero-order chi connectivity index (χ0) is 13.7. The molecule has 100 valence electrons. The molecule has 0 radical (unpaired) electrons. The molecule has 0 bridgehead atoms. The summed E-state index contributed by atoms with van der Waals surface area (Å²) in [5.41, 5.74) is 2.08. The molecule has 0 saturated heterocycles. The summed E-state index contributed by atoms with van der Waals surface area (Å²) in [6.07, 6.45) is 4.15. The van der Waals surface area contributed by atoms with Crippen LogP contribution in [0, 0.1) is 0 Å². The van der Waals surface area contributed by atoms with Crippen molar-refractivity contribution in [2.45, 2.75) is 13.0 Å². The summed E-state index contributed by atoms with van der Waals surface area (Å²) < 4.78 is 1.78. The lowest BCUT2D eigenvalue weighted by molar-refractivity contribution is 0.0696. The van der Waals surface area contributed by atoms with E-state index >= 15 is 0 Å². The highest BCUT2D eigenvalue weighted by atomic mass is 16.4. The van der Waals surface area contributed by atoms with Crippen molar-refractivity contribution in [1.29, 1.82) is 0 Å². The fourth-order valence-electron chi connectivity index (χ4n) is 1.68. The van der Waals surface area contributed by atoms with Gasteiger partial charge in [0, 0.05) is 39.0 Å². The van der Waals surface area contributed by atoms with Crippen LogP contribution >= 0.6 is 0 Å². The lowest BCUT2D eigenvalue weighted by Gasteiger charge is -2.03. The first-order valence-corrected chi connectivity index (χ1v) is 6.02. The van der Waals surface area contributed by atoms with E-state index in [-0.39, 0.29) is 5.56 Å². The van der Waals surface area contributed by atoms with Crippen molar-refractivity contribution in [3.63, 3.8) is 0 Å². The van der Waals surface area contributed by atoms with Gasteiger partial charge in [-0.1, -0.05) is 0 Å². The van der Waals surface area contributed by atoms with Crippen molar-refractivity contribution in [3.05, 3.63) is 47.5 Å². The van der Waals surface area contributed by atoms with E-state index < -0.39 is 5.97 Å². The van der Waals surface area contributed by atoms with E-state index in [2.05, 4.69) is 15.4 Å². The molecule has 0 aromatic carbocycles. The molecule has 0 unspecified atom stereocenters. The zero-order valence-corrected chi connectivity index (χ0v) is 10.7. The lowest BCUT2D eigenvalue weighted by atomic mass is 10.2. The maximum absolute atomic E-state index is 10.7. The predicted octanol–water partition coefficient (Wildman–Crippen LogP) is 0.846. The Kier molecular flexibility index (Phi) is 4.25. The smallest absolute Gasteiger partial charge is 0.337 e. The maximum atomic E-state index is 10.7. The summed E-state index contributed by atoms with van der Waals surface area (Å²) >= 11 is 0. The van der Waals surface area contributed by atoms with E-state index in [0.29, 0.717) is 6.54 Å². The van der Waals surface area contributed by atoms with Gasteiger partial charge in [0.25, 0.3) is 0 Å². The standard InChI is InChI=1S/C13H16N4O2/c1-17-7-5-11(16-17)4-6-14-9-12-3-2-10(8-15-12)13(18)19/h2-3,5,7-8,14H,4,6,9H2,1H3,(H,18,19). The number of nitrogens with zero attached hydrogens (tertiary/aromatic N) is 3. The number of nitrogens with one attached hydrogen (secondary N) is 1. The van der Waals surface area contributed by atoms with Gasteiger partial charge in [-0.25, -0.2) is 4.79 Å². The van der Waals surface area contributed by atoms with Crippen molar-refractivity contribution in [2.75, 3.05) is 6.54 Å². The van der Waals surface area contributed by atoms with Gasteiger partial charge in [-0.15, -0.1) is 0 Å². The van der Waals surface area contributed by atoms with Crippen LogP contribution < -0.4 is 5.32 Å². The molecule has 0 amide bonds. The first kappa shape index (κ1) is 13.2. The van der Waals surface area contributed by atoms with Crippen LogP contribution in [0.3, 0.4) is 0 Å². The number of hydrogen-bond donors (Lipinski definition) is 2. The number of rotatable bonds is 6. The van der Waals surface area contributed by atoms with Crippen molar-refractivity contribution in [3.8, 4) is 0 Å². The number of aryl methyl sites for hydroxylation is 1. The zero-order valence-electron chi connectivity index (χ0n) is 10.7. The van der Waals surface area contributed by atoms with Gasteiger partial charge in [-0.2, -0.15) is 5.10 Å². The number of hydrogen-bond acceptors (Lipinski definition) is 4. The Balaban J connectivity index is 1.75. The molecular formula is C13H16N4O2. The SMILES string of the molecule is Cn1ccc(CCNCc2ccc(C(=O)O)cn2)n1. The lowest BCUT2D eigenvalue weighted by Crippen LogP contribution is -2.17. The molecule has 0 aliphatic heterocycles. The van der Waals surface area contributed by atoms with Gasteiger partial charge < -0.3 is 10.4 Å². The Morgan fingerprint density at radius 3 is 2.79 bits per heavy atom. The molecular weight excluding hydrogens is 244 g/mol. The van der Waals surface area contributed by atoms with Crippen LogP contribution in [0.4, 0.5) is 0 Å². The van der Waals surface area contributed by atoms with Gasteiger partial charge in [0.05, 0.1) is 17.0 Å². The van der Waals surface area contributed by atoms with E-state index in [0.717, 1.165) is 24.4 Å². The number of carboxylic acids is 1. The number of pyridine rings is 1. The minimum atomic E-state index is -0.956. The molecule has 19 heavy (non-hydrogen) atoms. The summed E-state index contributed by atoms with van der Waals surface area (Å²) in [5.74, 6) is -0.956. The molecule has 6 nitrogen and oxygen atoms in total. The van der Waals surface area contributed by atoms with Gasteiger partial charge in [-0.05, 0) is 18.2 Å². The average molecular weight is 260 g/mol. The number of aromatic carboxylic acids is 1. The van der Waals surface area contributed by atoms with E-state index in [1.54, 1.807) is 16.8 Å². The van der Waals surface area contributed by atoms with Crippen LogP contribution in [0.15, 0.2) is 30.6 Å². The minimum Gasteiger partial charge on any atom is -0.478 e. The monoisotopic (exact) mass is 260 g/mol. The van der Waals surface area contributed by atoms with Crippen LogP contribution in [-0.2, 0) is 20.0 Å². The van der Waals surface area contributed by atoms with Crippen molar-refractivity contribution in [2.24, 2.45) is 7.05 Å². The summed E-state index contributed by atoms with van der Waals surface area (Å²) in [4.78, 5) is 14.8. The minimum absolute atomic E-state index is 0.206. The molecule has 2 aromatic rings. The van der Waals surface area contributed by atoms with Crippen molar-refractivity contribution >= 4 is 5.97 Å². The molecule has 0 fully saturated rings. The van der Waals surface area contributed by atoms with Crippen molar-refractivity contribution in [1.82, 2.24) is 20.1 Å². The highest BCUT2D eigenvalue weighted by molar-refractivity contribution is 5.87. The Morgan fingerprint density at radius 1 is 1.37 bits per heavy atom. The second kappa shape index (κ2) is 6.10. The van der Waals surface area contributed by atoms with Crippen LogP contribution in [-0.4, -0.2) is 32.4 Å². The van der Waals surface area contributed by atoms with Crippen LogP contribution in [0.25, 0.3) is 0 Å². The van der Waals surface area contributed by atoms with Crippen LogP contribution in [0.5, 0.6) is 0 Å². The summed E-state index contributed by atoms with van der Waals surface area (Å²) in [6.45, 7) is 1.42. The summed E-state index contributed by atoms with van der Waals surface area (Å²) in [5, 5.41) is 16.3. The van der Waals surface area contributed by atoms with Gasteiger partial charge >= 0.3 is 5.97 Å². The Morgan fingerprint density at radius 2 is 2.21 bits per heavy atom. The van der Waals surface area contributed by atoms with Gasteiger partial charge in [0.2, 0.25) is 0 Å². The maximum Gasteiger partial charge on any atom is 0.337 e. The fraction of sp³-hybridized carbons (Fsp3) is 0.308. The molecule has 0 atom stereocenters. The third-order valence-corrected chi connectivity index (χ3v) is 2.70. The average Bonchev–Trinajstić information content (AvgIpc) is 2.81. The first-order chi connectivity index (χ1) is 9.15. The second-order valence-electron chi connectivity index (χ2n) is 4.25. The molecule has 2 heterocycles. The number of carbonyl (C=O) groups is 1. The third-order valence-electron chi connectivity index (χ3n) is 2.70.